The largest absolute Gasteiger partial charge is 0.488 e. The van der Waals surface area contributed by atoms with Crippen molar-refractivity contribution in [1.82, 2.24) is 0 Å². The van der Waals surface area contributed by atoms with Crippen LogP contribution in [0.1, 0.15) is 36.1 Å². The summed E-state index contributed by atoms with van der Waals surface area (Å²) in [7, 11) is 0. The van der Waals surface area contributed by atoms with Crippen molar-refractivity contribution in [2.24, 2.45) is 0 Å². The van der Waals surface area contributed by atoms with Gasteiger partial charge in [-0.15, -0.1) is 0 Å². The van der Waals surface area contributed by atoms with Gasteiger partial charge in [-0.1, -0.05) is 43.3 Å². The molecular weight excluding hydrogens is 250 g/mol. The van der Waals surface area contributed by atoms with Crippen LogP contribution < -0.4 is 4.74 Å². The summed E-state index contributed by atoms with van der Waals surface area (Å²) in [5, 5.41) is 19.0. The van der Waals surface area contributed by atoms with E-state index in [9.17, 15) is 5.11 Å². The predicted molar refractivity (Wildman–Crippen MR) is 77.2 cm³/mol. The highest BCUT2D eigenvalue weighted by Gasteiger charge is 2.11. The van der Waals surface area contributed by atoms with Crippen LogP contribution in [0.3, 0.4) is 0 Å². The molecule has 102 valence electrons. The lowest BCUT2D eigenvalue weighted by Gasteiger charge is -2.15. The van der Waals surface area contributed by atoms with Gasteiger partial charge in [-0.2, -0.15) is 5.26 Å². The molecule has 0 aliphatic carbocycles. The lowest BCUT2D eigenvalue weighted by molar-refractivity contribution is 0.166. The number of nitrogens with zero attached hydrogens (tertiary/aromatic N) is 1. The van der Waals surface area contributed by atoms with Crippen LogP contribution in [0.4, 0.5) is 0 Å². The third kappa shape index (κ3) is 3.17. The Labute approximate surface area is 119 Å². The van der Waals surface area contributed by atoms with Gasteiger partial charge in [-0.25, -0.2) is 0 Å². The highest BCUT2D eigenvalue weighted by Crippen LogP contribution is 2.27. The molecule has 0 saturated heterocycles. The van der Waals surface area contributed by atoms with E-state index in [-0.39, 0.29) is 0 Å². The first kappa shape index (κ1) is 14.1. The molecule has 0 aliphatic rings. The molecule has 0 unspecified atom stereocenters. The summed E-state index contributed by atoms with van der Waals surface area (Å²) in [4.78, 5) is 0. The van der Waals surface area contributed by atoms with Gasteiger partial charge >= 0.3 is 0 Å². The molecule has 2 aromatic rings. The molecule has 0 aliphatic heterocycles. The molecule has 3 heteroatoms. The molecule has 0 saturated carbocycles. The summed E-state index contributed by atoms with van der Waals surface area (Å²) in [6, 6.07) is 17.0. The van der Waals surface area contributed by atoms with Crippen LogP contribution in [0.2, 0.25) is 0 Å². The van der Waals surface area contributed by atoms with Crippen LogP contribution in [-0.2, 0) is 6.61 Å². The van der Waals surface area contributed by atoms with Gasteiger partial charge in [0.05, 0.1) is 17.7 Å². The minimum absolute atomic E-state index is 0.317. The Morgan fingerprint density at radius 2 is 1.85 bits per heavy atom. The SMILES string of the molecule is CC[C@@H](O)c1ccccc1OCc1ccccc1C#N. The average molecular weight is 267 g/mol. The van der Waals surface area contributed by atoms with Crippen LogP contribution >= 0.6 is 0 Å². The monoisotopic (exact) mass is 267 g/mol. The topological polar surface area (TPSA) is 53.2 Å². The van der Waals surface area contributed by atoms with E-state index in [0.29, 0.717) is 24.3 Å². The van der Waals surface area contributed by atoms with Crippen molar-refractivity contribution in [2.45, 2.75) is 26.1 Å². The van der Waals surface area contributed by atoms with E-state index < -0.39 is 6.10 Å². The summed E-state index contributed by atoms with van der Waals surface area (Å²) in [6.45, 7) is 2.24. The molecule has 0 spiro atoms. The van der Waals surface area contributed by atoms with Crippen molar-refractivity contribution in [1.29, 1.82) is 5.26 Å². The van der Waals surface area contributed by atoms with Gasteiger partial charge < -0.3 is 9.84 Å². The maximum Gasteiger partial charge on any atom is 0.125 e. The molecule has 0 radical (unpaired) electrons. The fourth-order valence-corrected chi connectivity index (χ4v) is 2.02. The van der Waals surface area contributed by atoms with E-state index in [0.717, 1.165) is 11.1 Å². The third-order valence-corrected chi connectivity index (χ3v) is 3.19. The fourth-order valence-electron chi connectivity index (χ4n) is 2.02. The Bertz CT molecular complexity index is 616. The van der Waals surface area contributed by atoms with E-state index in [4.69, 9.17) is 10.00 Å². The number of rotatable bonds is 5. The molecule has 0 fully saturated rings. The highest BCUT2D eigenvalue weighted by molar-refractivity contribution is 5.38. The van der Waals surface area contributed by atoms with Crippen molar-refractivity contribution < 1.29 is 9.84 Å². The van der Waals surface area contributed by atoms with E-state index in [1.165, 1.54) is 0 Å². The number of para-hydroxylation sites is 1. The molecule has 2 aromatic carbocycles. The minimum atomic E-state index is -0.530. The van der Waals surface area contributed by atoms with Crippen molar-refractivity contribution in [2.75, 3.05) is 0 Å². The van der Waals surface area contributed by atoms with E-state index in [1.54, 1.807) is 6.07 Å². The Balaban J connectivity index is 2.17. The molecule has 20 heavy (non-hydrogen) atoms. The highest BCUT2D eigenvalue weighted by atomic mass is 16.5. The van der Waals surface area contributed by atoms with Crippen molar-refractivity contribution in [3.63, 3.8) is 0 Å². The van der Waals surface area contributed by atoms with Crippen LogP contribution in [-0.4, -0.2) is 5.11 Å². The maximum atomic E-state index is 9.98. The van der Waals surface area contributed by atoms with Gasteiger partial charge in [-0.3, -0.25) is 0 Å². The Hall–Kier alpha value is -2.31. The number of benzene rings is 2. The first-order valence-corrected chi connectivity index (χ1v) is 6.64. The summed E-state index contributed by atoms with van der Waals surface area (Å²) in [5.74, 6) is 0.662. The number of hydrogen-bond donors (Lipinski definition) is 1. The number of aliphatic hydroxyl groups is 1. The summed E-state index contributed by atoms with van der Waals surface area (Å²) in [5.41, 5.74) is 2.24. The van der Waals surface area contributed by atoms with E-state index >= 15 is 0 Å². The summed E-state index contributed by atoms with van der Waals surface area (Å²) < 4.78 is 5.78. The Kier molecular flexibility index (Phi) is 4.75. The molecule has 3 nitrogen and oxygen atoms in total. The molecule has 1 atom stereocenters. The normalized spacial score (nSPS) is 11.7. The van der Waals surface area contributed by atoms with Gasteiger partial charge in [0.25, 0.3) is 0 Å². The minimum Gasteiger partial charge on any atom is -0.488 e. The second-order valence-electron chi connectivity index (χ2n) is 4.52. The second-order valence-corrected chi connectivity index (χ2v) is 4.52. The third-order valence-electron chi connectivity index (χ3n) is 3.19. The average Bonchev–Trinajstić information content (AvgIpc) is 2.52. The van der Waals surface area contributed by atoms with Crippen LogP contribution in [0.15, 0.2) is 48.5 Å². The fraction of sp³-hybridized carbons (Fsp3) is 0.235. The van der Waals surface area contributed by atoms with Crippen molar-refractivity contribution in [3.8, 4) is 11.8 Å². The summed E-state index contributed by atoms with van der Waals surface area (Å²) in [6.07, 6.45) is 0.104. The van der Waals surface area contributed by atoms with Crippen LogP contribution in [0.25, 0.3) is 0 Å². The Morgan fingerprint density at radius 3 is 2.60 bits per heavy atom. The van der Waals surface area contributed by atoms with Crippen molar-refractivity contribution in [3.05, 3.63) is 65.2 Å². The number of hydrogen-bond acceptors (Lipinski definition) is 3. The molecular formula is C17H17NO2. The second kappa shape index (κ2) is 6.74. The molecule has 0 aromatic heterocycles. The number of ether oxygens (including phenoxy) is 1. The first-order valence-electron chi connectivity index (χ1n) is 6.64. The first-order chi connectivity index (χ1) is 9.76. The standard InChI is InChI=1S/C17H17NO2/c1-2-16(19)15-9-5-6-10-17(15)20-12-14-8-4-3-7-13(14)11-18/h3-10,16,19H,2,12H2,1H3/t16-/m1/s1. The lowest BCUT2D eigenvalue weighted by atomic mass is 10.1. The smallest absolute Gasteiger partial charge is 0.125 e. The molecule has 0 amide bonds. The van der Waals surface area contributed by atoms with Gasteiger partial charge in [-0.05, 0) is 18.6 Å². The predicted octanol–water partition coefficient (Wildman–Crippen LogP) is 3.58. The zero-order valence-corrected chi connectivity index (χ0v) is 11.4. The number of aliphatic hydroxyl groups excluding tert-OH is 1. The molecule has 0 heterocycles. The Morgan fingerprint density at radius 1 is 1.15 bits per heavy atom. The van der Waals surface area contributed by atoms with E-state index in [1.807, 2.05) is 49.4 Å². The molecule has 1 N–H and O–H groups in total. The molecule has 2 rings (SSSR count). The molecule has 0 bridgehead atoms. The van der Waals surface area contributed by atoms with E-state index in [2.05, 4.69) is 6.07 Å². The van der Waals surface area contributed by atoms with Crippen molar-refractivity contribution >= 4 is 0 Å². The number of nitriles is 1. The quantitative estimate of drug-likeness (QED) is 0.900. The van der Waals surface area contributed by atoms with Gasteiger partial charge in [0.1, 0.15) is 12.4 Å². The lowest BCUT2D eigenvalue weighted by Crippen LogP contribution is -2.03. The van der Waals surface area contributed by atoms with Crippen LogP contribution in [0.5, 0.6) is 5.75 Å². The van der Waals surface area contributed by atoms with Crippen LogP contribution in [0, 0.1) is 11.3 Å². The zero-order valence-electron chi connectivity index (χ0n) is 11.4. The van der Waals surface area contributed by atoms with Gasteiger partial charge in [0.2, 0.25) is 0 Å². The summed E-state index contributed by atoms with van der Waals surface area (Å²) >= 11 is 0. The van der Waals surface area contributed by atoms with Gasteiger partial charge in [0.15, 0.2) is 0 Å². The zero-order chi connectivity index (χ0) is 14.4. The maximum absolute atomic E-state index is 9.98. The van der Waals surface area contributed by atoms with Gasteiger partial charge in [0, 0.05) is 11.1 Å².